The lowest BCUT2D eigenvalue weighted by Crippen LogP contribution is -2.36. The fraction of sp³-hybridized carbons (Fsp3) is 0.692. The molecular weight excluding hydrogens is 308 g/mol. The van der Waals surface area contributed by atoms with Crippen LogP contribution in [0.15, 0.2) is 0 Å². The largest absolute Gasteiger partial charge is 0.382 e. The molecule has 118 valence electrons. The van der Waals surface area contributed by atoms with E-state index in [4.69, 9.17) is 10.5 Å². The van der Waals surface area contributed by atoms with Crippen molar-refractivity contribution in [2.75, 3.05) is 49.7 Å². The van der Waals surface area contributed by atoms with Crippen LogP contribution in [0, 0.1) is 0 Å². The molecule has 8 heteroatoms. The van der Waals surface area contributed by atoms with Crippen LogP contribution in [0.25, 0.3) is 0 Å². The summed E-state index contributed by atoms with van der Waals surface area (Å²) < 4.78 is 5.31. The van der Waals surface area contributed by atoms with Crippen LogP contribution in [-0.2, 0) is 4.74 Å². The van der Waals surface area contributed by atoms with Gasteiger partial charge in [-0.3, -0.25) is 4.79 Å². The van der Waals surface area contributed by atoms with Crippen molar-refractivity contribution in [3.63, 3.8) is 0 Å². The summed E-state index contributed by atoms with van der Waals surface area (Å²) in [5, 5.41) is 4.26. The number of nitrogen functional groups attached to an aromatic ring is 1. The SMILES string of the molecule is CSC(C)CCNC(=O)c1sc(N2CCOCC2)nc1N. The number of carbonyl (C=O) groups excluding carboxylic acids is 1. The average molecular weight is 330 g/mol. The topological polar surface area (TPSA) is 80.5 Å². The van der Waals surface area contributed by atoms with Crippen LogP contribution in [0.2, 0.25) is 0 Å². The fourth-order valence-electron chi connectivity index (χ4n) is 1.96. The molecule has 2 rings (SSSR count). The molecule has 0 aromatic carbocycles. The van der Waals surface area contributed by atoms with Gasteiger partial charge in [-0.05, 0) is 12.7 Å². The highest BCUT2D eigenvalue weighted by molar-refractivity contribution is 7.99. The van der Waals surface area contributed by atoms with Gasteiger partial charge in [-0.15, -0.1) is 0 Å². The Morgan fingerprint density at radius 3 is 2.95 bits per heavy atom. The Balaban J connectivity index is 1.93. The number of rotatable bonds is 6. The van der Waals surface area contributed by atoms with Crippen molar-refractivity contribution in [3.05, 3.63) is 4.88 Å². The van der Waals surface area contributed by atoms with Gasteiger partial charge in [-0.1, -0.05) is 18.3 Å². The standard InChI is InChI=1S/C13H22N4O2S2/c1-9(20-2)3-4-15-12(18)10-11(14)16-13(21-10)17-5-7-19-8-6-17/h9H,3-8,14H2,1-2H3,(H,15,18). The number of thiazole rings is 1. The van der Waals surface area contributed by atoms with Crippen molar-refractivity contribution in [2.24, 2.45) is 0 Å². The third kappa shape index (κ3) is 4.49. The maximum absolute atomic E-state index is 12.2. The van der Waals surface area contributed by atoms with Crippen LogP contribution < -0.4 is 16.0 Å². The first-order chi connectivity index (χ1) is 10.1. The number of nitrogens with one attached hydrogen (secondary N) is 1. The molecule has 6 nitrogen and oxygen atoms in total. The number of thioether (sulfide) groups is 1. The molecule has 1 amide bonds. The van der Waals surface area contributed by atoms with Gasteiger partial charge in [0.2, 0.25) is 0 Å². The highest BCUT2D eigenvalue weighted by atomic mass is 32.2. The summed E-state index contributed by atoms with van der Waals surface area (Å²) in [5.74, 6) is 0.190. The van der Waals surface area contributed by atoms with Crippen molar-refractivity contribution in [1.29, 1.82) is 0 Å². The van der Waals surface area contributed by atoms with E-state index in [9.17, 15) is 4.79 Å². The number of morpholine rings is 1. The second-order valence-electron chi connectivity index (χ2n) is 4.90. The normalized spacial score (nSPS) is 16.8. The van der Waals surface area contributed by atoms with Gasteiger partial charge in [0.15, 0.2) is 5.13 Å². The minimum absolute atomic E-state index is 0.127. The number of carbonyl (C=O) groups is 1. The molecule has 21 heavy (non-hydrogen) atoms. The van der Waals surface area contributed by atoms with Gasteiger partial charge in [0.1, 0.15) is 10.7 Å². The van der Waals surface area contributed by atoms with Crippen LogP contribution in [0.3, 0.4) is 0 Å². The highest BCUT2D eigenvalue weighted by Crippen LogP contribution is 2.28. The Morgan fingerprint density at radius 1 is 1.57 bits per heavy atom. The van der Waals surface area contributed by atoms with Crippen molar-refractivity contribution >= 4 is 40.0 Å². The van der Waals surface area contributed by atoms with Gasteiger partial charge in [-0.25, -0.2) is 4.98 Å². The number of nitrogens with zero attached hydrogens (tertiary/aromatic N) is 2. The number of amides is 1. The molecule has 0 radical (unpaired) electrons. The zero-order valence-corrected chi connectivity index (χ0v) is 14.1. The molecule has 1 saturated heterocycles. The van der Waals surface area contributed by atoms with Gasteiger partial charge in [-0.2, -0.15) is 11.8 Å². The number of hydrogen-bond acceptors (Lipinski definition) is 7. The van der Waals surface area contributed by atoms with Crippen LogP contribution in [-0.4, -0.2) is 55.2 Å². The van der Waals surface area contributed by atoms with Gasteiger partial charge >= 0.3 is 0 Å². The van der Waals surface area contributed by atoms with E-state index < -0.39 is 0 Å². The minimum Gasteiger partial charge on any atom is -0.382 e. The third-order valence-electron chi connectivity index (χ3n) is 3.37. The Hall–Kier alpha value is -0.990. The van der Waals surface area contributed by atoms with E-state index in [-0.39, 0.29) is 5.91 Å². The lowest BCUT2D eigenvalue weighted by Gasteiger charge is -2.25. The molecule has 1 aliphatic rings. The van der Waals surface area contributed by atoms with E-state index >= 15 is 0 Å². The maximum atomic E-state index is 12.2. The minimum atomic E-state index is -0.127. The summed E-state index contributed by atoms with van der Waals surface area (Å²) in [7, 11) is 0. The highest BCUT2D eigenvalue weighted by Gasteiger charge is 2.20. The Kier molecular flexibility index (Phi) is 6.13. The Bertz CT molecular complexity index is 475. The molecule has 1 unspecified atom stereocenters. The van der Waals surface area contributed by atoms with Crippen molar-refractivity contribution in [2.45, 2.75) is 18.6 Å². The summed E-state index contributed by atoms with van der Waals surface area (Å²) in [5.41, 5.74) is 5.88. The molecule has 2 heterocycles. The van der Waals surface area contributed by atoms with E-state index in [1.165, 1.54) is 11.3 Å². The van der Waals surface area contributed by atoms with Crippen LogP contribution in [0.4, 0.5) is 10.9 Å². The Morgan fingerprint density at radius 2 is 2.29 bits per heavy atom. The van der Waals surface area contributed by atoms with Crippen molar-refractivity contribution in [3.8, 4) is 0 Å². The summed E-state index contributed by atoms with van der Waals surface area (Å²) in [4.78, 5) is 19.1. The van der Waals surface area contributed by atoms with E-state index in [2.05, 4.69) is 28.4 Å². The van der Waals surface area contributed by atoms with Gasteiger partial charge in [0.05, 0.1) is 13.2 Å². The molecule has 0 bridgehead atoms. The maximum Gasteiger partial charge on any atom is 0.265 e. The van der Waals surface area contributed by atoms with Gasteiger partial charge in [0, 0.05) is 24.9 Å². The molecule has 1 atom stereocenters. The van der Waals surface area contributed by atoms with Gasteiger partial charge in [0.25, 0.3) is 5.91 Å². The monoisotopic (exact) mass is 330 g/mol. The van der Waals surface area contributed by atoms with E-state index in [1.54, 1.807) is 11.8 Å². The number of anilines is 2. The van der Waals surface area contributed by atoms with Crippen molar-refractivity contribution in [1.82, 2.24) is 10.3 Å². The van der Waals surface area contributed by atoms with Crippen LogP contribution >= 0.6 is 23.1 Å². The smallest absolute Gasteiger partial charge is 0.265 e. The molecule has 1 aromatic heterocycles. The predicted octanol–water partition coefficient (Wildman–Crippen LogP) is 1.43. The first kappa shape index (κ1) is 16.4. The molecule has 0 saturated carbocycles. The summed E-state index contributed by atoms with van der Waals surface area (Å²) in [6.45, 7) is 5.76. The average Bonchev–Trinajstić information content (AvgIpc) is 2.90. The quantitative estimate of drug-likeness (QED) is 0.821. The number of ether oxygens (including phenoxy) is 1. The first-order valence-electron chi connectivity index (χ1n) is 7.01. The zero-order valence-electron chi connectivity index (χ0n) is 12.4. The molecule has 3 N–H and O–H groups in total. The first-order valence-corrected chi connectivity index (χ1v) is 9.12. The predicted molar refractivity (Wildman–Crippen MR) is 89.5 cm³/mol. The van der Waals surface area contributed by atoms with E-state index in [0.717, 1.165) is 24.6 Å². The summed E-state index contributed by atoms with van der Waals surface area (Å²) in [6, 6.07) is 0. The molecule has 1 fully saturated rings. The number of aromatic nitrogens is 1. The lowest BCUT2D eigenvalue weighted by molar-refractivity contribution is 0.0958. The second-order valence-corrected chi connectivity index (χ2v) is 7.15. The number of nitrogens with two attached hydrogens (primary N) is 1. The zero-order chi connectivity index (χ0) is 15.2. The van der Waals surface area contributed by atoms with Crippen LogP contribution in [0.5, 0.6) is 0 Å². The van der Waals surface area contributed by atoms with E-state index in [0.29, 0.717) is 35.7 Å². The lowest BCUT2D eigenvalue weighted by atomic mass is 10.3. The third-order valence-corrected chi connectivity index (χ3v) is 5.54. The second kappa shape index (κ2) is 7.86. The Labute approximate surface area is 133 Å². The number of hydrogen-bond donors (Lipinski definition) is 2. The van der Waals surface area contributed by atoms with E-state index in [1.807, 2.05) is 0 Å². The molecule has 1 aromatic rings. The molecular formula is C13H22N4O2S2. The summed E-state index contributed by atoms with van der Waals surface area (Å²) >= 11 is 3.15. The van der Waals surface area contributed by atoms with Gasteiger partial charge < -0.3 is 20.7 Å². The fourth-order valence-corrected chi connectivity index (χ4v) is 3.27. The molecule has 1 aliphatic heterocycles. The molecule has 0 aliphatic carbocycles. The molecule has 0 spiro atoms. The van der Waals surface area contributed by atoms with Crippen LogP contribution in [0.1, 0.15) is 23.0 Å². The summed E-state index contributed by atoms with van der Waals surface area (Å²) in [6.07, 6.45) is 3.02. The van der Waals surface area contributed by atoms with Crippen molar-refractivity contribution < 1.29 is 9.53 Å².